The van der Waals surface area contributed by atoms with Crippen LogP contribution in [0.3, 0.4) is 0 Å². The van der Waals surface area contributed by atoms with Crippen molar-refractivity contribution < 1.29 is 0 Å². The number of rotatable bonds is 4. The van der Waals surface area contributed by atoms with Gasteiger partial charge in [-0.15, -0.1) is 11.3 Å². The number of thiophene rings is 1. The molecule has 90 valence electrons. The molecule has 0 aliphatic rings. The lowest BCUT2D eigenvalue weighted by molar-refractivity contribution is 0.579. The molecule has 0 amide bonds. The normalized spacial score (nSPS) is 12.6. The molecule has 0 fully saturated rings. The Labute approximate surface area is 119 Å². The average Bonchev–Trinajstić information content (AvgIpc) is 2.73. The fourth-order valence-electron chi connectivity index (χ4n) is 1.57. The van der Waals surface area contributed by atoms with E-state index in [2.05, 4.69) is 52.4 Å². The van der Waals surface area contributed by atoms with Crippen molar-refractivity contribution in [2.24, 2.45) is 0 Å². The molecule has 4 heteroatoms. The fourth-order valence-corrected chi connectivity index (χ4v) is 2.86. The lowest BCUT2D eigenvalue weighted by Crippen LogP contribution is -2.17. The molecule has 0 aliphatic carbocycles. The number of nitrogens with one attached hydrogen (secondary N) is 1. The van der Waals surface area contributed by atoms with Gasteiger partial charge in [-0.1, -0.05) is 39.7 Å². The van der Waals surface area contributed by atoms with Crippen LogP contribution >= 0.6 is 38.9 Å². The molecule has 1 N–H and O–H groups in total. The first-order valence-corrected chi connectivity index (χ1v) is 7.42. The van der Waals surface area contributed by atoms with Gasteiger partial charge in [0.05, 0.1) is 5.02 Å². The zero-order valence-electron chi connectivity index (χ0n) is 9.41. The summed E-state index contributed by atoms with van der Waals surface area (Å²) in [5.74, 6) is 0. The third-order valence-corrected chi connectivity index (χ3v) is 4.39. The third kappa shape index (κ3) is 3.81. The van der Waals surface area contributed by atoms with E-state index in [9.17, 15) is 0 Å². The Kier molecular flexibility index (Phi) is 4.62. The van der Waals surface area contributed by atoms with Gasteiger partial charge in [0.2, 0.25) is 0 Å². The highest BCUT2D eigenvalue weighted by atomic mass is 79.9. The molecule has 1 nitrogen and oxygen atoms in total. The number of benzene rings is 1. The summed E-state index contributed by atoms with van der Waals surface area (Å²) in [5.41, 5.74) is 1.29. The van der Waals surface area contributed by atoms with Crippen LogP contribution in [0, 0.1) is 0 Å². The van der Waals surface area contributed by atoms with Gasteiger partial charge in [-0.2, -0.15) is 0 Å². The number of hydrogen-bond acceptors (Lipinski definition) is 2. The summed E-state index contributed by atoms with van der Waals surface area (Å²) in [5, 5.41) is 6.27. The van der Waals surface area contributed by atoms with Gasteiger partial charge < -0.3 is 5.32 Å². The molecule has 17 heavy (non-hydrogen) atoms. The van der Waals surface area contributed by atoms with Crippen molar-refractivity contribution in [1.29, 1.82) is 0 Å². The molecular weight excluding hydrogens is 318 g/mol. The minimum atomic E-state index is 0.337. The fraction of sp³-hybridized carbons (Fsp3) is 0.231. The van der Waals surface area contributed by atoms with Crippen molar-refractivity contribution in [3.63, 3.8) is 0 Å². The van der Waals surface area contributed by atoms with E-state index in [4.69, 9.17) is 11.6 Å². The summed E-state index contributed by atoms with van der Waals surface area (Å²) < 4.78 is 1.11. The van der Waals surface area contributed by atoms with E-state index >= 15 is 0 Å². The van der Waals surface area contributed by atoms with Crippen molar-refractivity contribution >= 4 is 38.9 Å². The Morgan fingerprint density at radius 3 is 2.65 bits per heavy atom. The van der Waals surface area contributed by atoms with Crippen molar-refractivity contribution in [2.75, 3.05) is 0 Å². The minimum Gasteiger partial charge on any atom is -0.305 e. The second kappa shape index (κ2) is 6.01. The van der Waals surface area contributed by atoms with E-state index in [0.29, 0.717) is 6.04 Å². The van der Waals surface area contributed by atoms with Gasteiger partial charge >= 0.3 is 0 Å². The molecule has 0 spiro atoms. The summed E-state index contributed by atoms with van der Waals surface area (Å²) in [6.45, 7) is 3.02. The molecule has 0 radical (unpaired) electrons. The quantitative estimate of drug-likeness (QED) is 0.830. The van der Waals surface area contributed by atoms with Gasteiger partial charge in [-0.25, -0.2) is 0 Å². The van der Waals surface area contributed by atoms with E-state index in [1.807, 2.05) is 11.4 Å². The Bertz CT molecular complexity index is 480. The van der Waals surface area contributed by atoms with Gasteiger partial charge in [0, 0.05) is 27.3 Å². The number of halogens is 2. The van der Waals surface area contributed by atoms with Crippen LogP contribution < -0.4 is 5.32 Å². The van der Waals surface area contributed by atoms with Crippen LogP contribution in [0.15, 0.2) is 40.2 Å². The summed E-state index contributed by atoms with van der Waals surface area (Å²) in [4.78, 5) is 1.26. The first kappa shape index (κ1) is 13.1. The van der Waals surface area contributed by atoms with Crippen LogP contribution in [0.4, 0.5) is 0 Å². The largest absolute Gasteiger partial charge is 0.305 e. The summed E-state index contributed by atoms with van der Waals surface area (Å²) in [6.07, 6.45) is 0. The Morgan fingerprint density at radius 2 is 2.06 bits per heavy atom. The molecule has 0 unspecified atom stereocenters. The molecule has 1 aromatic heterocycles. The van der Waals surface area contributed by atoms with Crippen LogP contribution in [0.2, 0.25) is 5.02 Å². The molecule has 0 saturated heterocycles. The Hall–Kier alpha value is -0.350. The van der Waals surface area contributed by atoms with Crippen molar-refractivity contribution in [2.45, 2.75) is 19.5 Å². The van der Waals surface area contributed by atoms with E-state index in [0.717, 1.165) is 16.0 Å². The molecule has 0 aliphatic heterocycles. The smallest absolute Gasteiger partial charge is 0.0516 e. The lowest BCUT2D eigenvalue weighted by Gasteiger charge is -2.13. The molecule has 2 rings (SSSR count). The predicted molar refractivity (Wildman–Crippen MR) is 78.7 cm³/mol. The predicted octanol–water partition coefficient (Wildman–Crippen LogP) is 5.01. The zero-order valence-corrected chi connectivity index (χ0v) is 12.6. The first-order valence-electron chi connectivity index (χ1n) is 5.37. The maximum Gasteiger partial charge on any atom is 0.0516 e. The minimum absolute atomic E-state index is 0.337. The van der Waals surface area contributed by atoms with E-state index in [1.165, 1.54) is 10.4 Å². The Balaban J connectivity index is 1.93. The molecule has 0 saturated carbocycles. The summed E-state index contributed by atoms with van der Waals surface area (Å²) in [6, 6.07) is 10.7. The van der Waals surface area contributed by atoms with Crippen LogP contribution in [0.5, 0.6) is 0 Å². The second-order valence-electron chi connectivity index (χ2n) is 3.89. The van der Waals surface area contributed by atoms with Crippen LogP contribution in [0.1, 0.15) is 23.4 Å². The lowest BCUT2D eigenvalue weighted by atomic mass is 10.1. The maximum atomic E-state index is 5.89. The van der Waals surface area contributed by atoms with Crippen molar-refractivity contribution in [1.82, 2.24) is 5.32 Å². The summed E-state index contributed by atoms with van der Waals surface area (Å²) >= 11 is 11.0. The van der Waals surface area contributed by atoms with Crippen molar-refractivity contribution in [3.05, 3.63) is 55.6 Å². The van der Waals surface area contributed by atoms with Gasteiger partial charge in [0.25, 0.3) is 0 Å². The summed E-state index contributed by atoms with van der Waals surface area (Å²) in [7, 11) is 0. The average molecular weight is 331 g/mol. The van der Waals surface area contributed by atoms with E-state index in [1.54, 1.807) is 11.3 Å². The maximum absolute atomic E-state index is 5.89. The van der Waals surface area contributed by atoms with Gasteiger partial charge in [-0.3, -0.25) is 0 Å². The standard InChI is InChI=1S/C13H13BrClNS/c1-9(10-2-4-11(14)5-3-10)16-7-13-6-12(15)8-17-13/h2-6,8-9,16H,7H2,1H3/t9-/m1/s1. The SMILES string of the molecule is C[C@@H](NCc1cc(Cl)cs1)c1ccc(Br)cc1. The monoisotopic (exact) mass is 329 g/mol. The molecule has 1 heterocycles. The van der Waals surface area contributed by atoms with Crippen LogP contribution in [-0.4, -0.2) is 0 Å². The zero-order chi connectivity index (χ0) is 12.3. The third-order valence-electron chi connectivity index (χ3n) is 2.57. The Morgan fingerprint density at radius 1 is 1.35 bits per heavy atom. The molecule has 1 aromatic carbocycles. The van der Waals surface area contributed by atoms with Gasteiger partial charge in [-0.05, 0) is 30.7 Å². The van der Waals surface area contributed by atoms with Crippen LogP contribution in [-0.2, 0) is 6.54 Å². The molecule has 0 bridgehead atoms. The van der Waals surface area contributed by atoms with Gasteiger partial charge in [0.1, 0.15) is 0 Å². The van der Waals surface area contributed by atoms with E-state index < -0.39 is 0 Å². The second-order valence-corrected chi connectivity index (χ2v) is 6.23. The van der Waals surface area contributed by atoms with Gasteiger partial charge in [0.15, 0.2) is 0 Å². The van der Waals surface area contributed by atoms with E-state index in [-0.39, 0.29) is 0 Å². The van der Waals surface area contributed by atoms with Crippen LogP contribution in [0.25, 0.3) is 0 Å². The highest BCUT2D eigenvalue weighted by Gasteiger charge is 2.05. The molecule has 2 aromatic rings. The number of hydrogen-bond donors (Lipinski definition) is 1. The molecular formula is C13H13BrClNS. The topological polar surface area (TPSA) is 12.0 Å². The van der Waals surface area contributed by atoms with Crippen molar-refractivity contribution in [3.8, 4) is 0 Å². The molecule has 1 atom stereocenters. The highest BCUT2D eigenvalue weighted by molar-refractivity contribution is 9.10. The first-order chi connectivity index (χ1) is 8.15. The highest BCUT2D eigenvalue weighted by Crippen LogP contribution is 2.21.